The zero-order valence-corrected chi connectivity index (χ0v) is 10.2. The Labute approximate surface area is 105 Å². The maximum absolute atomic E-state index is 11.8. The highest BCUT2D eigenvalue weighted by molar-refractivity contribution is 7.15. The molecule has 2 rings (SSSR count). The van der Waals surface area contributed by atoms with Gasteiger partial charge in [-0.15, -0.1) is 11.3 Å². The highest BCUT2D eigenvalue weighted by Crippen LogP contribution is 2.14. The highest BCUT2D eigenvalue weighted by Gasteiger charge is 2.27. The number of ether oxygens (including phenoxy) is 1. The maximum atomic E-state index is 11.8. The van der Waals surface area contributed by atoms with Crippen molar-refractivity contribution < 1.29 is 17.9 Å². The lowest BCUT2D eigenvalue weighted by atomic mass is 10.4. The van der Waals surface area contributed by atoms with E-state index in [0.29, 0.717) is 13.1 Å². The summed E-state index contributed by atoms with van der Waals surface area (Å²) >= 11 is 1.53. The van der Waals surface area contributed by atoms with E-state index in [-0.39, 0.29) is 6.61 Å². The summed E-state index contributed by atoms with van der Waals surface area (Å²) in [6.07, 6.45) is -0.466. The van der Waals surface area contributed by atoms with Gasteiger partial charge in [0.05, 0.1) is 12.3 Å². The van der Waals surface area contributed by atoms with Gasteiger partial charge in [0.25, 0.3) is 0 Å². The lowest BCUT2D eigenvalue weighted by Gasteiger charge is -2.07. The van der Waals surface area contributed by atoms with Gasteiger partial charge in [0.1, 0.15) is 6.61 Å². The Balaban J connectivity index is 1.62. The van der Waals surface area contributed by atoms with Gasteiger partial charge in [-0.1, -0.05) is 0 Å². The molecule has 0 saturated heterocycles. The van der Waals surface area contributed by atoms with E-state index >= 15 is 0 Å². The molecule has 0 radical (unpaired) electrons. The van der Waals surface area contributed by atoms with Gasteiger partial charge < -0.3 is 10.1 Å². The predicted molar refractivity (Wildman–Crippen MR) is 61.6 cm³/mol. The molecule has 2 heterocycles. The molecule has 0 unspecified atom stereocenters. The van der Waals surface area contributed by atoms with Crippen molar-refractivity contribution in [3.8, 4) is 0 Å². The minimum Gasteiger partial charge on any atom is -0.371 e. The van der Waals surface area contributed by atoms with Gasteiger partial charge >= 0.3 is 6.18 Å². The predicted octanol–water partition coefficient (Wildman–Crippen LogP) is 2.06. The molecule has 0 aromatic carbocycles. The molecule has 1 N–H and O–H groups in total. The van der Waals surface area contributed by atoms with Gasteiger partial charge in [0, 0.05) is 30.9 Å². The summed E-state index contributed by atoms with van der Waals surface area (Å²) in [7, 11) is 0. The molecule has 18 heavy (non-hydrogen) atoms. The molecule has 8 heteroatoms. The number of alkyl halides is 3. The van der Waals surface area contributed by atoms with Crippen molar-refractivity contribution in [2.75, 3.05) is 19.8 Å². The molecule has 0 amide bonds. The topological polar surface area (TPSA) is 38.6 Å². The first-order valence-electron chi connectivity index (χ1n) is 5.31. The average molecular weight is 279 g/mol. The molecule has 2 aromatic rings. The molecule has 0 aliphatic carbocycles. The number of halogens is 3. The van der Waals surface area contributed by atoms with Crippen LogP contribution in [0.1, 0.15) is 5.69 Å². The minimum atomic E-state index is -4.26. The summed E-state index contributed by atoms with van der Waals surface area (Å²) in [5.74, 6) is 0. The fourth-order valence-corrected chi connectivity index (χ4v) is 2.13. The molecule has 2 aromatic heterocycles. The van der Waals surface area contributed by atoms with Crippen LogP contribution in [-0.2, 0) is 11.3 Å². The largest absolute Gasteiger partial charge is 0.411 e. The average Bonchev–Trinajstić information content (AvgIpc) is 2.81. The van der Waals surface area contributed by atoms with Gasteiger partial charge in [0.2, 0.25) is 0 Å². The van der Waals surface area contributed by atoms with Crippen LogP contribution >= 0.6 is 11.3 Å². The first-order chi connectivity index (χ1) is 8.54. The van der Waals surface area contributed by atoms with Crippen LogP contribution < -0.4 is 5.32 Å². The van der Waals surface area contributed by atoms with E-state index in [1.54, 1.807) is 0 Å². The summed E-state index contributed by atoms with van der Waals surface area (Å²) in [6, 6.07) is 0. The molecule has 0 spiro atoms. The van der Waals surface area contributed by atoms with E-state index in [1.165, 1.54) is 11.3 Å². The number of hydrogen-bond acceptors (Lipinski definition) is 4. The number of hydrogen-bond donors (Lipinski definition) is 1. The normalized spacial score (nSPS) is 12.4. The van der Waals surface area contributed by atoms with Crippen molar-refractivity contribution in [3.05, 3.63) is 23.5 Å². The summed E-state index contributed by atoms with van der Waals surface area (Å²) in [6.45, 7) is -0.290. The highest BCUT2D eigenvalue weighted by atomic mass is 32.1. The fraction of sp³-hybridized carbons (Fsp3) is 0.500. The molecule has 0 aliphatic rings. The number of nitrogens with zero attached hydrogens (tertiary/aromatic N) is 2. The van der Waals surface area contributed by atoms with Gasteiger partial charge in [-0.2, -0.15) is 13.2 Å². The Kier molecular flexibility index (Phi) is 4.20. The van der Waals surface area contributed by atoms with Gasteiger partial charge in [-0.05, 0) is 0 Å². The first-order valence-corrected chi connectivity index (χ1v) is 6.19. The third-order valence-corrected chi connectivity index (χ3v) is 2.91. The summed E-state index contributed by atoms with van der Waals surface area (Å²) in [5, 5.41) is 4.91. The van der Waals surface area contributed by atoms with Crippen LogP contribution in [0.3, 0.4) is 0 Å². The van der Waals surface area contributed by atoms with E-state index in [2.05, 4.69) is 15.0 Å². The molecule has 0 saturated carbocycles. The Morgan fingerprint density at radius 3 is 3.00 bits per heavy atom. The lowest BCUT2D eigenvalue weighted by molar-refractivity contribution is -0.173. The van der Waals surface area contributed by atoms with E-state index in [1.807, 2.05) is 22.2 Å². The van der Waals surface area contributed by atoms with Gasteiger partial charge in [-0.3, -0.25) is 4.40 Å². The third-order valence-electron chi connectivity index (χ3n) is 2.14. The van der Waals surface area contributed by atoms with Crippen molar-refractivity contribution in [3.63, 3.8) is 0 Å². The van der Waals surface area contributed by atoms with E-state index in [9.17, 15) is 13.2 Å². The SMILES string of the molecule is FC(F)(F)COCCNCc1cn2ccsc2n1. The molecule has 0 aliphatic heterocycles. The standard InChI is InChI=1S/C10H12F3N3OS/c11-10(12,13)7-17-3-1-14-5-8-6-16-2-4-18-9(16)15-8/h2,4,6,14H,1,3,5,7H2. The molecule has 0 bridgehead atoms. The van der Waals surface area contributed by atoms with Crippen LogP contribution in [0.15, 0.2) is 17.8 Å². The van der Waals surface area contributed by atoms with Crippen LogP contribution in [0, 0.1) is 0 Å². The van der Waals surface area contributed by atoms with Crippen LogP contribution in [-0.4, -0.2) is 35.3 Å². The monoisotopic (exact) mass is 279 g/mol. The zero-order valence-electron chi connectivity index (χ0n) is 9.41. The molecule has 4 nitrogen and oxygen atoms in total. The zero-order chi connectivity index (χ0) is 13.0. The van der Waals surface area contributed by atoms with E-state index < -0.39 is 12.8 Å². The number of rotatable bonds is 6. The second kappa shape index (κ2) is 5.68. The number of fused-ring (bicyclic) bond motifs is 1. The second-order valence-corrected chi connectivity index (χ2v) is 4.54. The van der Waals surface area contributed by atoms with Gasteiger partial charge in [0.15, 0.2) is 4.96 Å². The first kappa shape index (κ1) is 13.3. The molecule has 0 fully saturated rings. The van der Waals surface area contributed by atoms with Crippen molar-refractivity contribution in [1.82, 2.24) is 14.7 Å². The summed E-state index contributed by atoms with van der Waals surface area (Å²) in [4.78, 5) is 5.23. The minimum absolute atomic E-state index is 0.0295. The number of imidazole rings is 1. The van der Waals surface area contributed by atoms with Gasteiger partial charge in [-0.25, -0.2) is 4.98 Å². The Hall–Kier alpha value is -1.12. The third kappa shape index (κ3) is 3.97. The van der Waals surface area contributed by atoms with Crippen molar-refractivity contribution in [2.24, 2.45) is 0 Å². The summed E-state index contributed by atoms with van der Waals surface area (Å²) in [5.41, 5.74) is 0.859. The van der Waals surface area contributed by atoms with Crippen LogP contribution in [0.2, 0.25) is 0 Å². The van der Waals surface area contributed by atoms with Crippen molar-refractivity contribution in [1.29, 1.82) is 0 Å². The maximum Gasteiger partial charge on any atom is 0.411 e. The Morgan fingerprint density at radius 2 is 2.28 bits per heavy atom. The van der Waals surface area contributed by atoms with E-state index in [4.69, 9.17) is 0 Å². The molecular formula is C10H12F3N3OS. The van der Waals surface area contributed by atoms with Crippen LogP contribution in [0.4, 0.5) is 13.2 Å². The molecule has 100 valence electrons. The molecule has 0 atom stereocenters. The quantitative estimate of drug-likeness (QED) is 0.823. The smallest absolute Gasteiger partial charge is 0.371 e. The molecular weight excluding hydrogens is 267 g/mol. The fourth-order valence-electron chi connectivity index (χ4n) is 1.41. The number of thiazole rings is 1. The Morgan fingerprint density at radius 1 is 1.44 bits per heavy atom. The van der Waals surface area contributed by atoms with Crippen LogP contribution in [0.25, 0.3) is 4.96 Å². The van der Waals surface area contributed by atoms with Crippen molar-refractivity contribution >= 4 is 16.3 Å². The van der Waals surface area contributed by atoms with E-state index in [0.717, 1.165) is 10.7 Å². The Bertz CT molecular complexity index is 465. The lowest BCUT2D eigenvalue weighted by Crippen LogP contribution is -2.23. The van der Waals surface area contributed by atoms with Crippen LogP contribution in [0.5, 0.6) is 0 Å². The second-order valence-electron chi connectivity index (χ2n) is 3.67. The number of nitrogens with one attached hydrogen (secondary N) is 1. The number of aromatic nitrogens is 2. The van der Waals surface area contributed by atoms with Crippen molar-refractivity contribution in [2.45, 2.75) is 12.7 Å². The summed E-state index contributed by atoms with van der Waals surface area (Å²) < 4.78 is 41.6.